The van der Waals surface area contributed by atoms with Gasteiger partial charge in [-0.15, -0.1) is 0 Å². The molecule has 0 amide bonds. The van der Waals surface area contributed by atoms with E-state index in [1.54, 1.807) is 37.7 Å². The van der Waals surface area contributed by atoms with Gasteiger partial charge in [-0.1, -0.05) is 18.2 Å². The average molecular weight is 254 g/mol. The second-order valence-corrected chi connectivity index (χ2v) is 3.76. The summed E-state index contributed by atoms with van der Waals surface area (Å²) in [6, 6.07) is 12.7. The summed E-state index contributed by atoms with van der Waals surface area (Å²) < 4.78 is 5.19. The highest BCUT2D eigenvalue weighted by atomic mass is 16.5. The lowest BCUT2D eigenvalue weighted by atomic mass is 10.2. The van der Waals surface area contributed by atoms with Crippen molar-refractivity contribution in [2.45, 2.75) is 0 Å². The number of hydrogen-bond acceptors (Lipinski definition) is 4. The van der Waals surface area contributed by atoms with Crippen LogP contribution in [0.1, 0.15) is 10.5 Å². The summed E-state index contributed by atoms with van der Waals surface area (Å²) in [5.74, 6) is 0.570. The van der Waals surface area contributed by atoms with E-state index in [2.05, 4.69) is 10.3 Å². The first kappa shape index (κ1) is 12.8. The number of rotatable bonds is 5. The van der Waals surface area contributed by atoms with Crippen LogP contribution in [0.2, 0.25) is 0 Å². The number of carbonyl (C=O) groups excluding carboxylic acids is 1. The lowest BCUT2D eigenvalue weighted by Crippen LogP contribution is -1.99. The van der Waals surface area contributed by atoms with E-state index in [-0.39, 0.29) is 5.78 Å². The Labute approximate surface area is 111 Å². The number of nitrogens with zero attached hydrogens (tertiary/aromatic N) is 1. The van der Waals surface area contributed by atoms with Gasteiger partial charge in [0.25, 0.3) is 0 Å². The Kier molecular flexibility index (Phi) is 4.29. The first-order chi connectivity index (χ1) is 9.31. The number of ether oxygens (including phenoxy) is 1. The van der Waals surface area contributed by atoms with Crippen molar-refractivity contribution in [1.29, 1.82) is 0 Å². The minimum atomic E-state index is -0.150. The van der Waals surface area contributed by atoms with Crippen LogP contribution < -0.4 is 10.1 Å². The molecule has 0 aliphatic carbocycles. The molecular weight excluding hydrogens is 240 g/mol. The summed E-state index contributed by atoms with van der Waals surface area (Å²) in [5.41, 5.74) is 1.22. The minimum absolute atomic E-state index is 0.150. The van der Waals surface area contributed by atoms with Crippen molar-refractivity contribution >= 4 is 11.5 Å². The molecule has 0 unspecified atom stereocenters. The largest absolute Gasteiger partial charge is 0.495 e. The predicted molar refractivity (Wildman–Crippen MR) is 74.3 cm³/mol. The van der Waals surface area contributed by atoms with Gasteiger partial charge in [-0.2, -0.15) is 0 Å². The van der Waals surface area contributed by atoms with Crippen LogP contribution in [0.15, 0.2) is 60.9 Å². The second-order valence-electron chi connectivity index (χ2n) is 3.76. The average Bonchev–Trinajstić information content (AvgIpc) is 2.48. The predicted octanol–water partition coefficient (Wildman–Crippen LogP) is 2.90. The molecule has 1 N–H and O–H groups in total. The summed E-state index contributed by atoms with van der Waals surface area (Å²) in [6.45, 7) is 0. The number of pyridine rings is 1. The summed E-state index contributed by atoms with van der Waals surface area (Å²) in [7, 11) is 1.60. The van der Waals surface area contributed by atoms with Crippen molar-refractivity contribution in [1.82, 2.24) is 4.98 Å². The normalized spacial score (nSPS) is 10.4. The van der Waals surface area contributed by atoms with E-state index in [0.29, 0.717) is 5.69 Å². The van der Waals surface area contributed by atoms with Crippen molar-refractivity contribution in [3.63, 3.8) is 0 Å². The fourth-order valence-electron chi connectivity index (χ4n) is 1.56. The standard InChI is InChI=1S/C15H14N2O2/c1-19-15-8-3-2-7-13(15)17-11-9-14(18)12-6-4-5-10-16-12/h2-11,17H,1H3/b11-9-. The lowest BCUT2D eigenvalue weighted by Gasteiger charge is -2.06. The first-order valence-corrected chi connectivity index (χ1v) is 5.83. The van der Waals surface area contributed by atoms with Crippen molar-refractivity contribution in [3.8, 4) is 5.75 Å². The van der Waals surface area contributed by atoms with Gasteiger partial charge in [0.2, 0.25) is 5.78 Å². The molecule has 0 fully saturated rings. The zero-order chi connectivity index (χ0) is 13.5. The van der Waals surface area contributed by atoms with Gasteiger partial charge in [0.05, 0.1) is 12.8 Å². The fourth-order valence-corrected chi connectivity index (χ4v) is 1.56. The van der Waals surface area contributed by atoms with Crippen molar-refractivity contribution in [2.24, 2.45) is 0 Å². The molecule has 1 aromatic carbocycles. The fraction of sp³-hybridized carbons (Fsp3) is 0.0667. The number of carbonyl (C=O) groups is 1. The maximum absolute atomic E-state index is 11.8. The van der Waals surface area contributed by atoms with Gasteiger partial charge in [-0.25, -0.2) is 0 Å². The lowest BCUT2D eigenvalue weighted by molar-refractivity contribution is 0.104. The van der Waals surface area contributed by atoms with Crippen LogP contribution in [0.25, 0.3) is 0 Å². The van der Waals surface area contributed by atoms with Gasteiger partial charge in [-0.3, -0.25) is 9.78 Å². The van der Waals surface area contributed by atoms with Crippen LogP contribution in [0.3, 0.4) is 0 Å². The molecule has 0 spiro atoms. The third-order valence-corrected chi connectivity index (χ3v) is 2.50. The van der Waals surface area contributed by atoms with E-state index < -0.39 is 0 Å². The number of methoxy groups -OCH3 is 1. The molecule has 0 bridgehead atoms. The number of allylic oxidation sites excluding steroid dienone is 1. The van der Waals surface area contributed by atoms with Gasteiger partial charge in [0, 0.05) is 18.5 Å². The van der Waals surface area contributed by atoms with E-state index in [9.17, 15) is 4.79 Å². The van der Waals surface area contributed by atoms with E-state index in [1.807, 2.05) is 24.3 Å². The summed E-state index contributed by atoms with van der Waals surface area (Å²) in [4.78, 5) is 15.8. The Hall–Kier alpha value is -2.62. The van der Waals surface area contributed by atoms with Crippen LogP contribution >= 0.6 is 0 Å². The Morgan fingerprint density at radius 2 is 2.00 bits per heavy atom. The molecule has 0 atom stereocenters. The number of aromatic nitrogens is 1. The summed E-state index contributed by atoms with van der Waals surface area (Å²) >= 11 is 0. The third-order valence-electron chi connectivity index (χ3n) is 2.50. The molecule has 4 nitrogen and oxygen atoms in total. The number of benzene rings is 1. The molecule has 2 aromatic rings. The number of anilines is 1. The Bertz CT molecular complexity index is 580. The molecule has 0 aliphatic heterocycles. The molecule has 1 heterocycles. The molecule has 19 heavy (non-hydrogen) atoms. The van der Waals surface area contributed by atoms with Crippen LogP contribution in [0.4, 0.5) is 5.69 Å². The van der Waals surface area contributed by atoms with Crippen molar-refractivity contribution < 1.29 is 9.53 Å². The molecule has 0 saturated heterocycles. The van der Waals surface area contributed by atoms with Gasteiger partial charge in [0.1, 0.15) is 11.4 Å². The highest BCUT2D eigenvalue weighted by Gasteiger charge is 2.02. The molecule has 4 heteroatoms. The quantitative estimate of drug-likeness (QED) is 0.658. The number of ketones is 1. The molecule has 0 aliphatic rings. The zero-order valence-corrected chi connectivity index (χ0v) is 10.5. The monoisotopic (exact) mass is 254 g/mol. The topological polar surface area (TPSA) is 51.2 Å². The zero-order valence-electron chi connectivity index (χ0n) is 10.5. The minimum Gasteiger partial charge on any atom is -0.495 e. The van der Waals surface area contributed by atoms with Crippen LogP contribution in [0, 0.1) is 0 Å². The number of para-hydroxylation sites is 2. The highest BCUT2D eigenvalue weighted by Crippen LogP contribution is 2.22. The Morgan fingerprint density at radius 1 is 1.21 bits per heavy atom. The Balaban J connectivity index is 2.02. The molecule has 0 radical (unpaired) electrons. The van der Waals surface area contributed by atoms with E-state index in [1.165, 1.54) is 6.08 Å². The van der Waals surface area contributed by atoms with Crippen LogP contribution in [0.5, 0.6) is 5.75 Å². The highest BCUT2D eigenvalue weighted by molar-refractivity contribution is 6.03. The van der Waals surface area contributed by atoms with Gasteiger partial charge in [-0.05, 0) is 24.3 Å². The third kappa shape index (κ3) is 3.42. The van der Waals surface area contributed by atoms with E-state index in [4.69, 9.17) is 4.74 Å². The SMILES string of the molecule is COc1ccccc1N/C=C\C(=O)c1ccccn1. The molecule has 96 valence electrons. The summed E-state index contributed by atoms with van der Waals surface area (Å²) in [5, 5.41) is 3.01. The Morgan fingerprint density at radius 3 is 2.74 bits per heavy atom. The van der Waals surface area contributed by atoms with Crippen LogP contribution in [-0.4, -0.2) is 17.9 Å². The van der Waals surface area contributed by atoms with Gasteiger partial charge >= 0.3 is 0 Å². The smallest absolute Gasteiger partial charge is 0.205 e. The van der Waals surface area contributed by atoms with Crippen LogP contribution in [-0.2, 0) is 0 Å². The summed E-state index contributed by atoms with van der Waals surface area (Å²) in [6.07, 6.45) is 4.61. The molecule has 0 saturated carbocycles. The number of nitrogens with one attached hydrogen (secondary N) is 1. The maximum Gasteiger partial charge on any atom is 0.205 e. The van der Waals surface area contributed by atoms with E-state index >= 15 is 0 Å². The number of hydrogen-bond donors (Lipinski definition) is 1. The van der Waals surface area contributed by atoms with E-state index in [0.717, 1.165) is 11.4 Å². The molecule has 1 aromatic heterocycles. The molecular formula is C15H14N2O2. The second kappa shape index (κ2) is 6.35. The van der Waals surface area contributed by atoms with Gasteiger partial charge < -0.3 is 10.1 Å². The van der Waals surface area contributed by atoms with Crippen molar-refractivity contribution in [3.05, 3.63) is 66.6 Å². The van der Waals surface area contributed by atoms with Crippen molar-refractivity contribution in [2.75, 3.05) is 12.4 Å². The molecule has 2 rings (SSSR count). The first-order valence-electron chi connectivity index (χ1n) is 5.83. The van der Waals surface area contributed by atoms with Gasteiger partial charge in [0.15, 0.2) is 0 Å². The maximum atomic E-state index is 11.8.